The molecule has 0 aliphatic rings. The van der Waals surface area contributed by atoms with Crippen molar-refractivity contribution in [3.63, 3.8) is 0 Å². The minimum atomic E-state index is 0.0418. The van der Waals surface area contributed by atoms with E-state index in [0.29, 0.717) is 6.42 Å². The lowest BCUT2D eigenvalue weighted by atomic mass is 9.91. The smallest absolute Gasteiger partial charge is 0.227 e. The third-order valence-electron chi connectivity index (χ3n) is 2.20. The van der Waals surface area contributed by atoms with Crippen molar-refractivity contribution in [3.05, 3.63) is 30.3 Å². The summed E-state index contributed by atoms with van der Waals surface area (Å²) in [6.07, 6.45) is 0.568. The molecule has 0 bridgehead atoms. The van der Waals surface area contributed by atoms with Gasteiger partial charge in [-0.05, 0) is 17.5 Å². The third-order valence-corrected chi connectivity index (χ3v) is 2.20. The van der Waals surface area contributed by atoms with Gasteiger partial charge >= 0.3 is 0 Å². The van der Waals surface area contributed by atoms with Crippen LogP contribution in [0.5, 0.6) is 0 Å². The van der Waals surface area contributed by atoms with Crippen molar-refractivity contribution in [3.8, 4) is 0 Å². The van der Waals surface area contributed by atoms with Crippen molar-refractivity contribution in [2.45, 2.75) is 27.2 Å². The monoisotopic (exact) mass is 205 g/mol. The Bertz CT molecular complexity index is 324. The lowest BCUT2D eigenvalue weighted by molar-refractivity contribution is -0.120. The molecule has 0 atom stereocenters. The van der Waals surface area contributed by atoms with Crippen LogP contribution in [0.4, 0.5) is 5.69 Å². The van der Waals surface area contributed by atoms with E-state index >= 15 is 0 Å². The highest BCUT2D eigenvalue weighted by atomic mass is 16.2. The minimum Gasteiger partial charge on any atom is -0.315 e. The first-order valence-electron chi connectivity index (χ1n) is 5.22. The first-order valence-corrected chi connectivity index (χ1v) is 5.22. The molecule has 1 amide bonds. The van der Waals surface area contributed by atoms with Crippen molar-refractivity contribution in [2.75, 3.05) is 11.9 Å². The van der Waals surface area contributed by atoms with Gasteiger partial charge in [-0.25, -0.2) is 0 Å². The second kappa shape index (κ2) is 4.47. The molecule has 2 nitrogen and oxygen atoms in total. The summed E-state index contributed by atoms with van der Waals surface area (Å²) in [5.41, 5.74) is 0.992. The van der Waals surface area contributed by atoms with Crippen LogP contribution in [-0.4, -0.2) is 13.0 Å². The van der Waals surface area contributed by atoms with Crippen LogP contribution in [0.3, 0.4) is 0 Å². The fraction of sp³-hybridized carbons (Fsp3) is 0.462. The van der Waals surface area contributed by atoms with Crippen molar-refractivity contribution in [2.24, 2.45) is 5.41 Å². The molecule has 2 heteroatoms. The highest BCUT2D eigenvalue weighted by Gasteiger charge is 2.19. The van der Waals surface area contributed by atoms with Crippen LogP contribution in [0, 0.1) is 5.41 Å². The van der Waals surface area contributed by atoms with E-state index in [0.717, 1.165) is 5.69 Å². The van der Waals surface area contributed by atoms with Crippen LogP contribution in [0.1, 0.15) is 27.2 Å². The molecule has 0 radical (unpaired) electrons. The molecule has 0 fully saturated rings. The van der Waals surface area contributed by atoms with Crippen LogP contribution in [-0.2, 0) is 4.79 Å². The maximum atomic E-state index is 11.9. The summed E-state index contributed by atoms with van der Waals surface area (Å²) >= 11 is 0. The number of nitrogens with zero attached hydrogens (tertiary/aromatic N) is 1. The van der Waals surface area contributed by atoms with Gasteiger partial charge in [0.05, 0.1) is 0 Å². The number of amides is 1. The van der Waals surface area contributed by atoms with E-state index < -0.39 is 0 Å². The van der Waals surface area contributed by atoms with E-state index in [1.54, 1.807) is 4.90 Å². The molecule has 82 valence electrons. The molecule has 1 aromatic rings. The SMILES string of the molecule is CN(C(=O)CC(C)(C)C)c1ccccc1. The summed E-state index contributed by atoms with van der Waals surface area (Å²) in [5, 5.41) is 0. The number of hydrogen-bond acceptors (Lipinski definition) is 1. The first kappa shape index (κ1) is 11.8. The number of para-hydroxylation sites is 1. The van der Waals surface area contributed by atoms with Crippen molar-refractivity contribution < 1.29 is 4.79 Å². The molecule has 0 unspecified atom stereocenters. The van der Waals surface area contributed by atoms with Crippen LogP contribution < -0.4 is 4.90 Å². The number of anilines is 1. The molecule has 0 aliphatic heterocycles. The van der Waals surface area contributed by atoms with Gasteiger partial charge in [0, 0.05) is 19.2 Å². The Morgan fingerprint density at radius 2 is 1.73 bits per heavy atom. The topological polar surface area (TPSA) is 20.3 Å². The molecule has 1 aromatic carbocycles. The Balaban J connectivity index is 2.70. The fourth-order valence-electron chi connectivity index (χ4n) is 1.37. The van der Waals surface area contributed by atoms with E-state index in [4.69, 9.17) is 0 Å². The summed E-state index contributed by atoms with van der Waals surface area (Å²) in [4.78, 5) is 13.6. The standard InChI is InChI=1S/C13H19NO/c1-13(2,3)10-12(15)14(4)11-8-6-5-7-9-11/h5-9H,10H2,1-4H3. The van der Waals surface area contributed by atoms with Gasteiger partial charge in [-0.15, -0.1) is 0 Å². The molecular weight excluding hydrogens is 186 g/mol. The van der Waals surface area contributed by atoms with Gasteiger partial charge in [-0.2, -0.15) is 0 Å². The number of carbonyl (C=O) groups is 1. The number of benzene rings is 1. The van der Waals surface area contributed by atoms with Crippen LogP contribution in [0.15, 0.2) is 30.3 Å². The summed E-state index contributed by atoms with van der Waals surface area (Å²) in [5.74, 6) is 0.161. The molecule has 0 N–H and O–H groups in total. The van der Waals surface area contributed by atoms with E-state index in [9.17, 15) is 4.79 Å². The van der Waals surface area contributed by atoms with E-state index in [1.165, 1.54) is 0 Å². The van der Waals surface area contributed by atoms with Crippen molar-refractivity contribution >= 4 is 11.6 Å². The highest BCUT2D eigenvalue weighted by Crippen LogP contribution is 2.21. The average Bonchev–Trinajstić information content (AvgIpc) is 2.15. The number of rotatable bonds is 2. The molecule has 0 aliphatic carbocycles. The van der Waals surface area contributed by atoms with E-state index in [1.807, 2.05) is 37.4 Å². The first-order chi connectivity index (χ1) is 6.90. The quantitative estimate of drug-likeness (QED) is 0.726. The molecule has 0 saturated carbocycles. The zero-order valence-corrected chi connectivity index (χ0v) is 9.95. The second-order valence-electron chi connectivity index (χ2n) is 5.03. The predicted octanol–water partition coefficient (Wildman–Crippen LogP) is 3.09. The van der Waals surface area contributed by atoms with Crippen molar-refractivity contribution in [1.82, 2.24) is 0 Å². The second-order valence-corrected chi connectivity index (χ2v) is 5.03. The normalized spacial score (nSPS) is 11.2. The molecular formula is C13H19NO. The maximum absolute atomic E-state index is 11.9. The van der Waals surface area contributed by atoms with Gasteiger partial charge in [0.1, 0.15) is 0 Å². The van der Waals surface area contributed by atoms with Gasteiger partial charge in [-0.3, -0.25) is 4.79 Å². The lowest BCUT2D eigenvalue weighted by Gasteiger charge is -2.23. The predicted molar refractivity (Wildman–Crippen MR) is 63.9 cm³/mol. The summed E-state index contributed by atoms with van der Waals surface area (Å²) < 4.78 is 0. The maximum Gasteiger partial charge on any atom is 0.227 e. The Labute approximate surface area is 91.9 Å². The van der Waals surface area contributed by atoms with Crippen molar-refractivity contribution in [1.29, 1.82) is 0 Å². The molecule has 0 heterocycles. The van der Waals surface area contributed by atoms with E-state index in [2.05, 4.69) is 20.8 Å². The third kappa shape index (κ3) is 3.74. The van der Waals surface area contributed by atoms with Gasteiger partial charge < -0.3 is 4.90 Å². The molecule has 0 aromatic heterocycles. The summed E-state index contributed by atoms with van der Waals surface area (Å²) in [6.45, 7) is 6.22. The van der Waals surface area contributed by atoms with Crippen LogP contribution in [0.25, 0.3) is 0 Å². The highest BCUT2D eigenvalue weighted by molar-refractivity contribution is 5.93. The van der Waals surface area contributed by atoms with Gasteiger partial charge in [-0.1, -0.05) is 39.0 Å². The Morgan fingerprint density at radius 3 is 2.20 bits per heavy atom. The average molecular weight is 205 g/mol. The zero-order valence-electron chi connectivity index (χ0n) is 9.95. The van der Waals surface area contributed by atoms with Crippen LogP contribution >= 0.6 is 0 Å². The fourth-order valence-corrected chi connectivity index (χ4v) is 1.37. The summed E-state index contributed by atoms with van der Waals surface area (Å²) in [7, 11) is 1.82. The van der Waals surface area contributed by atoms with Gasteiger partial charge in [0.15, 0.2) is 0 Å². The molecule has 15 heavy (non-hydrogen) atoms. The number of hydrogen-bond donors (Lipinski definition) is 0. The van der Waals surface area contributed by atoms with Gasteiger partial charge in [0.2, 0.25) is 5.91 Å². The largest absolute Gasteiger partial charge is 0.315 e. The molecule has 0 spiro atoms. The Morgan fingerprint density at radius 1 is 1.20 bits per heavy atom. The minimum absolute atomic E-state index is 0.0418. The van der Waals surface area contributed by atoms with Gasteiger partial charge in [0.25, 0.3) is 0 Å². The molecule has 1 rings (SSSR count). The zero-order chi connectivity index (χ0) is 11.5. The lowest BCUT2D eigenvalue weighted by Crippen LogP contribution is -2.29. The van der Waals surface area contributed by atoms with Crippen LogP contribution in [0.2, 0.25) is 0 Å². The Hall–Kier alpha value is -1.31. The number of carbonyl (C=O) groups excluding carboxylic acids is 1. The Kier molecular flexibility index (Phi) is 3.51. The van der Waals surface area contributed by atoms with E-state index in [-0.39, 0.29) is 11.3 Å². The molecule has 0 saturated heterocycles. The summed E-state index contributed by atoms with van der Waals surface area (Å²) in [6, 6.07) is 9.72.